The van der Waals surface area contributed by atoms with Crippen molar-refractivity contribution in [3.8, 4) is 0 Å². The highest BCUT2D eigenvalue weighted by molar-refractivity contribution is 5.79. The van der Waals surface area contributed by atoms with Crippen LogP contribution >= 0.6 is 0 Å². The molecule has 1 aromatic carbocycles. The summed E-state index contributed by atoms with van der Waals surface area (Å²) in [6.07, 6.45) is 0. The minimum Gasteiger partial charge on any atom is -0.463 e. The minimum absolute atomic E-state index is 0.195. The van der Waals surface area contributed by atoms with Gasteiger partial charge in [-0.25, -0.2) is 4.99 Å². The molecule has 0 amide bonds. The summed E-state index contributed by atoms with van der Waals surface area (Å²) in [5.41, 5.74) is -0.00156. The lowest BCUT2D eigenvalue weighted by molar-refractivity contribution is 0.0428. The number of furan rings is 1. The molecule has 2 aromatic rings. The van der Waals surface area contributed by atoms with Crippen molar-refractivity contribution >= 4 is 5.96 Å². The smallest absolute Gasteiger partial charge is 0.191 e. The van der Waals surface area contributed by atoms with Crippen LogP contribution in [0, 0.1) is 6.92 Å². The van der Waals surface area contributed by atoms with Crippen molar-refractivity contribution in [2.75, 3.05) is 26.2 Å². The zero-order chi connectivity index (χ0) is 18.8. The van der Waals surface area contributed by atoms with Crippen LogP contribution in [0.4, 0.5) is 0 Å². The summed E-state index contributed by atoms with van der Waals surface area (Å²) in [6, 6.07) is 13.7. The number of rotatable bonds is 9. The van der Waals surface area contributed by atoms with E-state index in [1.54, 1.807) is 13.0 Å². The van der Waals surface area contributed by atoms with Crippen LogP contribution in [0.1, 0.15) is 30.9 Å². The van der Waals surface area contributed by atoms with Gasteiger partial charge in [0.1, 0.15) is 17.1 Å². The Balaban J connectivity index is 1.78. The zero-order valence-electron chi connectivity index (χ0n) is 15.8. The Morgan fingerprint density at radius 3 is 2.62 bits per heavy atom. The molecular formula is C20H29N3O3. The first kappa shape index (κ1) is 20.0. The number of aryl methyl sites for hydroxylation is 1. The van der Waals surface area contributed by atoms with E-state index in [1.165, 1.54) is 0 Å². The highest BCUT2D eigenvalue weighted by Gasteiger charge is 2.26. The van der Waals surface area contributed by atoms with Crippen molar-refractivity contribution < 1.29 is 14.3 Å². The Morgan fingerprint density at radius 2 is 1.96 bits per heavy atom. The van der Waals surface area contributed by atoms with Crippen LogP contribution in [0.5, 0.6) is 0 Å². The Kier molecular flexibility index (Phi) is 7.69. The predicted octanol–water partition coefficient (Wildman–Crippen LogP) is 2.57. The van der Waals surface area contributed by atoms with Gasteiger partial charge in [0.05, 0.1) is 19.8 Å². The van der Waals surface area contributed by atoms with Crippen molar-refractivity contribution in [2.45, 2.75) is 33.0 Å². The Bertz CT molecular complexity index is 681. The minimum atomic E-state index is -1.15. The van der Waals surface area contributed by atoms with E-state index >= 15 is 0 Å². The van der Waals surface area contributed by atoms with Crippen LogP contribution in [0.15, 0.2) is 51.9 Å². The van der Waals surface area contributed by atoms with Gasteiger partial charge in [0.2, 0.25) is 0 Å². The summed E-state index contributed by atoms with van der Waals surface area (Å²) in [5.74, 6) is 1.92. The SMILES string of the molecule is CCNC(=NCC(C)(O)c1ccc(C)o1)NCCOCc1ccccc1. The Morgan fingerprint density at radius 1 is 1.19 bits per heavy atom. The van der Waals surface area contributed by atoms with E-state index in [1.807, 2.05) is 50.2 Å². The average Bonchev–Trinajstić information content (AvgIpc) is 3.07. The molecule has 0 fully saturated rings. The van der Waals surface area contributed by atoms with Crippen LogP contribution in [0.25, 0.3) is 0 Å². The third kappa shape index (κ3) is 6.54. The molecule has 6 nitrogen and oxygen atoms in total. The normalized spacial score (nSPS) is 14.1. The molecule has 0 aliphatic rings. The van der Waals surface area contributed by atoms with Gasteiger partial charge in [0.25, 0.3) is 0 Å². The molecule has 0 spiro atoms. The summed E-state index contributed by atoms with van der Waals surface area (Å²) in [5, 5.41) is 16.9. The van der Waals surface area contributed by atoms with Crippen LogP contribution in [-0.4, -0.2) is 37.3 Å². The summed E-state index contributed by atoms with van der Waals surface area (Å²) >= 11 is 0. The van der Waals surface area contributed by atoms with Gasteiger partial charge in [0.15, 0.2) is 5.96 Å². The molecule has 3 N–H and O–H groups in total. The van der Waals surface area contributed by atoms with E-state index in [9.17, 15) is 5.11 Å². The van der Waals surface area contributed by atoms with Gasteiger partial charge >= 0.3 is 0 Å². The lowest BCUT2D eigenvalue weighted by atomic mass is 10.0. The lowest BCUT2D eigenvalue weighted by Gasteiger charge is -2.19. The van der Waals surface area contributed by atoms with E-state index in [4.69, 9.17) is 9.15 Å². The van der Waals surface area contributed by atoms with Gasteiger partial charge in [-0.05, 0) is 38.5 Å². The maximum absolute atomic E-state index is 10.6. The van der Waals surface area contributed by atoms with Crippen molar-refractivity contribution in [2.24, 2.45) is 4.99 Å². The Hall–Kier alpha value is -2.31. The standard InChI is InChI=1S/C20H29N3O3/c1-4-21-19(22-12-13-25-14-17-8-6-5-7-9-17)23-15-20(3,24)18-11-10-16(2)26-18/h5-11,24H,4,12-15H2,1-3H3,(H2,21,22,23). The van der Waals surface area contributed by atoms with Gasteiger partial charge in [-0.3, -0.25) is 0 Å². The highest BCUT2D eigenvalue weighted by atomic mass is 16.5. The second-order valence-corrected chi connectivity index (χ2v) is 6.34. The maximum atomic E-state index is 10.6. The molecule has 0 saturated carbocycles. The Labute approximate surface area is 155 Å². The van der Waals surface area contributed by atoms with Crippen LogP contribution in [0.3, 0.4) is 0 Å². The molecule has 0 aliphatic heterocycles. The molecule has 142 valence electrons. The molecule has 6 heteroatoms. The number of hydrogen-bond acceptors (Lipinski definition) is 4. The number of benzene rings is 1. The molecule has 1 atom stereocenters. The number of hydrogen-bond donors (Lipinski definition) is 3. The molecular weight excluding hydrogens is 330 g/mol. The first-order chi connectivity index (χ1) is 12.5. The third-order valence-electron chi connectivity index (χ3n) is 3.81. The van der Waals surface area contributed by atoms with E-state index in [-0.39, 0.29) is 6.54 Å². The molecule has 2 rings (SSSR count). The van der Waals surface area contributed by atoms with Gasteiger partial charge in [-0.2, -0.15) is 0 Å². The van der Waals surface area contributed by atoms with Gasteiger partial charge in [-0.1, -0.05) is 30.3 Å². The number of aliphatic hydroxyl groups is 1. The second-order valence-electron chi connectivity index (χ2n) is 6.34. The largest absolute Gasteiger partial charge is 0.463 e. The predicted molar refractivity (Wildman–Crippen MR) is 103 cm³/mol. The molecule has 1 aromatic heterocycles. The summed E-state index contributed by atoms with van der Waals surface area (Å²) < 4.78 is 11.2. The van der Waals surface area contributed by atoms with Crippen molar-refractivity contribution in [1.82, 2.24) is 10.6 Å². The highest BCUT2D eigenvalue weighted by Crippen LogP contribution is 2.22. The van der Waals surface area contributed by atoms with Gasteiger partial charge in [-0.15, -0.1) is 0 Å². The summed E-state index contributed by atoms with van der Waals surface area (Å²) in [4.78, 5) is 4.46. The number of aliphatic imine (C=N–C) groups is 1. The first-order valence-electron chi connectivity index (χ1n) is 8.94. The number of nitrogens with zero attached hydrogens (tertiary/aromatic N) is 1. The lowest BCUT2D eigenvalue weighted by Crippen LogP contribution is -2.40. The zero-order valence-corrected chi connectivity index (χ0v) is 15.8. The van der Waals surface area contributed by atoms with Gasteiger partial charge in [0, 0.05) is 13.1 Å². The van der Waals surface area contributed by atoms with E-state index < -0.39 is 5.60 Å². The first-order valence-corrected chi connectivity index (χ1v) is 8.94. The monoisotopic (exact) mass is 359 g/mol. The van der Waals surface area contributed by atoms with Crippen LogP contribution in [-0.2, 0) is 16.9 Å². The fraction of sp³-hybridized carbons (Fsp3) is 0.450. The number of guanidine groups is 1. The molecule has 1 heterocycles. The van der Waals surface area contributed by atoms with Crippen LogP contribution in [0.2, 0.25) is 0 Å². The summed E-state index contributed by atoms with van der Waals surface area (Å²) in [6.45, 7) is 8.25. The quantitative estimate of drug-likeness (QED) is 0.364. The number of nitrogens with one attached hydrogen (secondary N) is 2. The van der Waals surface area contributed by atoms with Crippen molar-refractivity contribution in [1.29, 1.82) is 0 Å². The van der Waals surface area contributed by atoms with Crippen LogP contribution < -0.4 is 10.6 Å². The van der Waals surface area contributed by atoms with Crippen molar-refractivity contribution in [3.63, 3.8) is 0 Å². The van der Waals surface area contributed by atoms with Gasteiger partial charge < -0.3 is 24.9 Å². The third-order valence-corrected chi connectivity index (χ3v) is 3.81. The fourth-order valence-corrected chi connectivity index (χ4v) is 2.38. The maximum Gasteiger partial charge on any atom is 0.191 e. The van der Waals surface area contributed by atoms with E-state index in [0.29, 0.717) is 31.5 Å². The fourth-order valence-electron chi connectivity index (χ4n) is 2.38. The molecule has 0 aliphatic carbocycles. The van der Waals surface area contributed by atoms with E-state index in [2.05, 4.69) is 15.6 Å². The van der Waals surface area contributed by atoms with E-state index in [0.717, 1.165) is 17.9 Å². The number of ether oxygens (including phenoxy) is 1. The second kappa shape index (κ2) is 9.99. The molecule has 26 heavy (non-hydrogen) atoms. The molecule has 1 unspecified atom stereocenters. The summed E-state index contributed by atoms with van der Waals surface area (Å²) in [7, 11) is 0. The topological polar surface area (TPSA) is 79.0 Å². The average molecular weight is 359 g/mol. The molecule has 0 radical (unpaired) electrons. The molecule has 0 bridgehead atoms. The molecule has 0 saturated heterocycles. The van der Waals surface area contributed by atoms with Crippen molar-refractivity contribution in [3.05, 3.63) is 59.5 Å².